The summed E-state index contributed by atoms with van der Waals surface area (Å²) in [5.74, 6) is -0.792. The number of nitrogens with two attached hydrogens (primary N) is 1. The van der Waals surface area contributed by atoms with E-state index in [1.54, 1.807) is 67.0 Å². The molecule has 2 aromatic carbocycles. The van der Waals surface area contributed by atoms with Gasteiger partial charge in [0.2, 0.25) is 5.91 Å². The highest BCUT2D eigenvalue weighted by Gasteiger charge is 2.52. The van der Waals surface area contributed by atoms with E-state index in [1.165, 1.54) is 37.1 Å². The van der Waals surface area contributed by atoms with E-state index < -0.39 is 46.7 Å². The number of amides is 4. The fourth-order valence-corrected chi connectivity index (χ4v) is 5.45. The van der Waals surface area contributed by atoms with Crippen LogP contribution in [0.25, 0.3) is 0 Å². The standard InChI is InChI=1S/C31H28F3N7O3S/c1-30(2)28(43)40(18-19-12-14-37-25(15-19)38-21-9-6-13-36-17-21)29(44)41(30)22-10-11-24(45-31(32,33)34)23(16-22)39-27(42)26(35)20-7-4-3-5-8-20/h3-17,26H,18,35H2,1-2H3,(H,37,38)(H,39,42)/t26-/m1/s1. The molecule has 0 aliphatic carbocycles. The van der Waals surface area contributed by atoms with Gasteiger partial charge in [-0.25, -0.2) is 9.78 Å². The molecule has 1 aliphatic rings. The van der Waals surface area contributed by atoms with Crippen molar-refractivity contribution in [1.82, 2.24) is 14.9 Å². The second kappa shape index (κ2) is 12.6. The molecule has 1 aliphatic heterocycles. The van der Waals surface area contributed by atoms with Crippen molar-refractivity contribution in [1.29, 1.82) is 0 Å². The summed E-state index contributed by atoms with van der Waals surface area (Å²) < 4.78 is 40.3. The van der Waals surface area contributed by atoms with Gasteiger partial charge in [-0.05, 0) is 79.2 Å². The van der Waals surface area contributed by atoms with Crippen molar-refractivity contribution in [3.8, 4) is 0 Å². The highest BCUT2D eigenvalue weighted by Crippen LogP contribution is 2.43. The molecule has 4 aromatic rings. The van der Waals surface area contributed by atoms with Crippen LogP contribution in [0.2, 0.25) is 0 Å². The average molecular weight is 636 g/mol. The largest absolute Gasteiger partial charge is 0.446 e. The van der Waals surface area contributed by atoms with Crippen molar-refractivity contribution in [2.75, 3.05) is 15.5 Å². The number of thioether (sulfide) groups is 1. The lowest BCUT2D eigenvalue weighted by Crippen LogP contribution is -2.44. The average Bonchev–Trinajstić information content (AvgIpc) is 3.17. The normalized spacial score (nSPS) is 15.2. The first-order valence-corrected chi connectivity index (χ1v) is 14.4. The molecular formula is C31H28F3N7O3S. The van der Waals surface area contributed by atoms with E-state index in [4.69, 9.17) is 5.73 Å². The minimum Gasteiger partial charge on any atom is -0.339 e. The second-order valence-electron chi connectivity index (χ2n) is 10.6. The van der Waals surface area contributed by atoms with Crippen LogP contribution in [0.1, 0.15) is 31.0 Å². The first-order chi connectivity index (χ1) is 21.3. The Morgan fingerprint density at radius 2 is 1.78 bits per heavy atom. The van der Waals surface area contributed by atoms with Gasteiger partial charge >= 0.3 is 11.5 Å². The van der Waals surface area contributed by atoms with Gasteiger partial charge in [0.25, 0.3) is 5.91 Å². The lowest BCUT2D eigenvalue weighted by atomic mass is 10.0. The number of carbonyl (C=O) groups excluding carboxylic acids is 3. The summed E-state index contributed by atoms with van der Waals surface area (Å²) >= 11 is -0.419. The predicted octanol–water partition coefficient (Wildman–Crippen LogP) is 6.22. The molecule has 5 rings (SSSR count). The molecule has 4 N–H and O–H groups in total. The third-order valence-electron chi connectivity index (χ3n) is 6.99. The van der Waals surface area contributed by atoms with Crippen LogP contribution in [0.15, 0.2) is 96.3 Å². The molecule has 10 nitrogen and oxygen atoms in total. The summed E-state index contributed by atoms with van der Waals surface area (Å²) in [5, 5.41) is 5.59. The van der Waals surface area contributed by atoms with Crippen molar-refractivity contribution in [3.05, 3.63) is 103 Å². The molecule has 4 amide bonds. The lowest BCUT2D eigenvalue weighted by molar-refractivity contribution is -0.130. The number of nitrogens with one attached hydrogen (secondary N) is 2. The Kier molecular flexibility index (Phi) is 8.80. The van der Waals surface area contributed by atoms with Gasteiger partial charge in [-0.1, -0.05) is 30.3 Å². The number of halogens is 3. The highest BCUT2D eigenvalue weighted by atomic mass is 32.2. The minimum absolute atomic E-state index is 0.0840. The fourth-order valence-electron chi connectivity index (χ4n) is 4.84. The van der Waals surface area contributed by atoms with Crippen LogP contribution in [0.5, 0.6) is 0 Å². The Labute approximate surface area is 260 Å². The molecule has 0 spiro atoms. The van der Waals surface area contributed by atoms with Gasteiger partial charge in [-0.2, -0.15) is 13.2 Å². The molecule has 2 aromatic heterocycles. The first kappa shape index (κ1) is 31.5. The van der Waals surface area contributed by atoms with Gasteiger partial charge in [0.1, 0.15) is 17.4 Å². The molecule has 45 heavy (non-hydrogen) atoms. The Morgan fingerprint density at radius 3 is 2.47 bits per heavy atom. The zero-order valence-electron chi connectivity index (χ0n) is 24.1. The summed E-state index contributed by atoms with van der Waals surface area (Å²) in [5.41, 5.74) is 1.70. The lowest BCUT2D eigenvalue weighted by Gasteiger charge is -2.28. The van der Waals surface area contributed by atoms with E-state index in [2.05, 4.69) is 20.6 Å². The Morgan fingerprint density at radius 1 is 1.02 bits per heavy atom. The van der Waals surface area contributed by atoms with Gasteiger partial charge in [0.15, 0.2) is 0 Å². The molecule has 0 unspecified atom stereocenters. The van der Waals surface area contributed by atoms with Gasteiger partial charge in [-0.3, -0.25) is 24.4 Å². The fraction of sp³-hybridized carbons (Fsp3) is 0.194. The highest BCUT2D eigenvalue weighted by molar-refractivity contribution is 8.00. The summed E-state index contributed by atoms with van der Waals surface area (Å²) in [6.07, 6.45) is 4.79. The van der Waals surface area contributed by atoms with Crippen LogP contribution >= 0.6 is 11.8 Å². The number of hydrogen-bond donors (Lipinski definition) is 3. The van der Waals surface area contributed by atoms with Gasteiger partial charge in [-0.15, -0.1) is 0 Å². The number of urea groups is 1. The molecule has 1 saturated heterocycles. The van der Waals surface area contributed by atoms with Crippen LogP contribution in [-0.2, 0) is 16.1 Å². The molecular weight excluding hydrogens is 607 g/mol. The topological polar surface area (TPSA) is 134 Å². The first-order valence-electron chi connectivity index (χ1n) is 13.6. The number of alkyl halides is 3. The molecule has 1 atom stereocenters. The van der Waals surface area contributed by atoms with Crippen LogP contribution in [0.3, 0.4) is 0 Å². The van der Waals surface area contributed by atoms with E-state index in [-0.39, 0.29) is 22.8 Å². The maximum atomic E-state index is 13.8. The van der Waals surface area contributed by atoms with Crippen LogP contribution in [0.4, 0.5) is 40.8 Å². The van der Waals surface area contributed by atoms with Crippen LogP contribution in [0, 0.1) is 0 Å². The van der Waals surface area contributed by atoms with Crippen molar-refractivity contribution >= 4 is 52.5 Å². The molecule has 3 heterocycles. The third-order valence-corrected chi connectivity index (χ3v) is 7.80. The number of aromatic nitrogens is 2. The number of pyridine rings is 2. The maximum absolute atomic E-state index is 13.8. The Hall–Kier alpha value is -4.95. The van der Waals surface area contributed by atoms with Crippen molar-refractivity contribution in [2.24, 2.45) is 5.73 Å². The number of imide groups is 1. The summed E-state index contributed by atoms with van der Waals surface area (Å²) in [6, 6.07) is 17.1. The number of carbonyl (C=O) groups is 3. The molecule has 0 radical (unpaired) electrons. The number of nitrogens with zero attached hydrogens (tertiary/aromatic N) is 4. The van der Waals surface area contributed by atoms with Crippen LogP contribution < -0.4 is 21.3 Å². The Bertz CT molecular complexity index is 1720. The summed E-state index contributed by atoms with van der Waals surface area (Å²) in [6.45, 7) is 2.99. The number of benzene rings is 2. The van der Waals surface area contributed by atoms with Crippen LogP contribution in [-0.4, -0.2) is 43.8 Å². The van der Waals surface area contributed by atoms with Gasteiger partial charge < -0.3 is 16.4 Å². The number of rotatable bonds is 9. The molecule has 0 saturated carbocycles. The third kappa shape index (κ3) is 7.07. The number of anilines is 4. The zero-order valence-corrected chi connectivity index (χ0v) is 24.9. The van der Waals surface area contributed by atoms with Crippen molar-refractivity contribution in [2.45, 2.75) is 42.4 Å². The zero-order chi connectivity index (χ0) is 32.4. The predicted molar refractivity (Wildman–Crippen MR) is 165 cm³/mol. The quantitative estimate of drug-likeness (QED) is 0.146. The van der Waals surface area contributed by atoms with E-state index in [1.807, 2.05) is 0 Å². The van der Waals surface area contributed by atoms with Gasteiger partial charge in [0, 0.05) is 23.0 Å². The summed E-state index contributed by atoms with van der Waals surface area (Å²) in [7, 11) is 0. The van der Waals surface area contributed by atoms with E-state index in [0.29, 0.717) is 22.6 Å². The van der Waals surface area contributed by atoms with Crippen molar-refractivity contribution < 1.29 is 27.6 Å². The molecule has 0 bridgehead atoms. The second-order valence-corrected chi connectivity index (χ2v) is 11.7. The summed E-state index contributed by atoms with van der Waals surface area (Å²) in [4.78, 5) is 50.6. The SMILES string of the molecule is CC1(C)C(=O)N(Cc2ccnc(Nc3cccnc3)c2)C(=O)N1c1ccc(SC(F)(F)F)c(NC(=O)[C@H](N)c2ccccc2)c1. The smallest absolute Gasteiger partial charge is 0.339 e. The molecule has 232 valence electrons. The minimum atomic E-state index is -4.66. The molecule has 14 heteroatoms. The number of hydrogen-bond acceptors (Lipinski definition) is 8. The maximum Gasteiger partial charge on any atom is 0.446 e. The molecule has 1 fully saturated rings. The monoisotopic (exact) mass is 635 g/mol. The Balaban J connectivity index is 1.42. The van der Waals surface area contributed by atoms with E-state index in [0.717, 1.165) is 11.0 Å². The van der Waals surface area contributed by atoms with E-state index in [9.17, 15) is 27.6 Å². The van der Waals surface area contributed by atoms with Gasteiger partial charge in [0.05, 0.1) is 24.1 Å². The van der Waals surface area contributed by atoms with E-state index >= 15 is 0 Å². The van der Waals surface area contributed by atoms with Crippen molar-refractivity contribution in [3.63, 3.8) is 0 Å².